The van der Waals surface area contributed by atoms with E-state index in [0.717, 1.165) is 44.1 Å². The Bertz CT molecular complexity index is 486. The summed E-state index contributed by atoms with van der Waals surface area (Å²) in [7, 11) is 0. The summed E-state index contributed by atoms with van der Waals surface area (Å²) in [6.07, 6.45) is 8.38. The molecule has 0 aromatic heterocycles. The first-order valence-corrected chi connectivity index (χ1v) is 7.89. The zero-order valence-electron chi connectivity index (χ0n) is 12.4. The van der Waals surface area contributed by atoms with Crippen molar-refractivity contribution in [3.05, 3.63) is 36.0 Å². The first-order chi connectivity index (χ1) is 9.63. The molecule has 1 aliphatic heterocycles. The smallest absolute Gasteiger partial charge is 0.334 e. The van der Waals surface area contributed by atoms with Gasteiger partial charge in [-0.05, 0) is 38.0 Å². The number of carbonyl (C=O) groups is 1. The number of hydrogen-bond donors (Lipinski definition) is 0. The van der Waals surface area contributed by atoms with Gasteiger partial charge in [0.15, 0.2) is 0 Å². The van der Waals surface area contributed by atoms with Crippen LogP contribution in [-0.2, 0) is 9.53 Å². The first kappa shape index (κ1) is 13.7. The van der Waals surface area contributed by atoms with Gasteiger partial charge < -0.3 is 4.74 Å². The summed E-state index contributed by atoms with van der Waals surface area (Å²) in [5.41, 5.74) is 3.52. The molecule has 0 N–H and O–H groups in total. The summed E-state index contributed by atoms with van der Waals surface area (Å²) in [6.45, 7) is 10.7. The fourth-order valence-corrected chi connectivity index (χ4v) is 4.20. The Morgan fingerprint density at radius 2 is 1.90 bits per heavy atom. The van der Waals surface area contributed by atoms with Crippen LogP contribution in [0, 0.1) is 17.8 Å². The van der Waals surface area contributed by atoms with E-state index < -0.39 is 0 Å². The van der Waals surface area contributed by atoms with E-state index in [1.165, 1.54) is 11.1 Å². The molecular formula is C18H24O2. The van der Waals surface area contributed by atoms with Gasteiger partial charge in [0.2, 0.25) is 0 Å². The third-order valence-corrected chi connectivity index (χ3v) is 5.26. The summed E-state index contributed by atoms with van der Waals surface area (Å²) in [4.78, 5) is 12.2. The van der Waals surface area contributed by atoms with E-state index >= 15 is 0 Å². The molecule has 0 amide bonds. The molecule has 2 aliphatic carbocycles. The van der Waals surface area contributed by atoms with E-state index in [0.29, 0.717) is 11.8 Å². The van der Waals surface area contributed by atoms with E-state index in [9.17, 15) is 4.79 Å². The van der Waals surface area contributed by atoms with Crippen molar-refractivity contribution in [3.8, 4) is 0 Å². The molecule has 0 bridgehead atoms. The number of rotatable bonds is 2. The molecule has 0 aromatic rings. The molecule has 0 unspecified atom stereocenters. The number of unbranched alkanes of at least 4 members (excludes halogenated alkanes) is 1. The van der Waals surface area contributed by atoms with Crippen LogP contribution in [0.1, 0.15) is 45.4 Å². The summed E-state index contributed by atoms with van der Waals surface area (Å²) in [6, 6.07) is 0. The molecule has 3 rings (SSSR count). The summed E-state index contributed by atoms with van der Waals surface area (Å²) < 4.78 is 5.78. The van der Waals surface area contributed by atoms with Gasteiger partial charge in [-0.2, -0.15) is 0 Å². The minimum atomic E-state index is -0.0839. The Morgan fingerprint density at radius 3 is 2.65 bits per heavy atom. The summed E-state index contributed by atoms with van der Waals surface area (Å²) in [5, 5.41) is 0. The maximum Gasteiger partial charge on any atom is 0.334 e. The zero-order chi connectivity index (χ0) is 14.3. The van der Waals surface area contributed by atoms with Gasteiger partial charge in [-0.25, -0.2) is 4.79 Å². The maximum atomic E-state index is 12.2. The molecule has 4 atom stereocenters. The molecule has 2 nitrogen and oxygen atoms in total. The van der Waals surface area contributed by atoms with Crippen molar-refractivity contribution in [1.82, 2.24) is 0 Å². The van der Waals surface area contributed by atoms with Crippen molar-refractivity contribution in [1.29, 1.82) is 0 Å². The highest BCUT2D eigenvalue weighted by Gasteiger charge is 2.50. The van der Waals surface area contributed by atoms with Crippen LogP contribution in [0.4, 0.5) is 0 Å². The van der Waals surface area contributed by atoms with Crippen LogP contribution in [0.5, 0.6) is 0 Å². The molecule has 108 valence electrons. The van der Waals surface area contributed by atoms with Gasteiger partial charge in [0.25, 0.3) is 0 Å². The second-order valence-corrected chi connectivity index (χ2v) is 6.45. The predicted molar refractivity (Wildman–Crippen MR) is 80.1 cm³/mol. The number of fused-ring (bicyclic) bond motifs is 3. The van der Waals surface area contributed by atoms with Crippen molar-refractivity contribution in [2.45, 2.75) is 51.6 Å². The fraction of sp³-hybridized carbons (Fsp3) is 0.611. The lowest BCUT2D eigenvalue weighted by Crippen LogP contribution is -2.28. The zero-order valence-corrected chi connectivity index (χ0v) is 12.4. The molecule has 20 heavy (non-hydrogen) atoms. The Morgan fingerprint density at radius 1 is 1.20 bits per heavy atom. The molecule has 2 heteroatoms. The Labute approximate surface area is 121 Å². The van der Waals surface area contributed by atoms with Crippen molar-refractivity contribution in [3.63, 3.8) is 0 Å². The molecule has 0 aromatic carbocycles. The Kier molecular flexibility index (Phi) is 3.57. The molecule has 2 saturated carbocycles. The van der Waals surface area contributed by atoms with Gasteiger partial charge in [-0.3, -0.25) is 0 Å². The lowest BCUT2D eigenvalue weighted by Gasteiger charge is -2.26. The molecule has 1 heterocycles. The SMILES string of the molecule is C=C1CC[C@H]2C(=C)CC[C@H]3/C(=C\CCC)C(=O)O[C@@H]3[C@@H]12. The minimum Gasteiger partial charge on any atom is -0.458 e. The highest BCUT2D eigenvalue weighted by atomic mass is 16.6. The van der Waals surface area contributed by atoms with Crippen LogP contribution < -0.4 is 0 Å². The van der Waals surface area contributed by atoms with Crippen LogP contribution in [0.25, 0.3) is 0 Å². The average Bonchev–Trinajstić information content (AvgIpc) is 2.90. The van der Waals surface area contributed by atoms with E-state index in [1.807, 2.05) is 0 Å². The quantitative estimate of drug-likeness (QED) is 0.428. The highest BCUT2D eigenvalue weighted by molar-refractivity contribution is 5.91. The largest absolute Gasteiger partial charge is 0.458 e. The Balaban J connectivity index is 1.94. The molecule has 1 saturated heterocycles. The average molecular weight is 272 g/mol. The van der Waals surface area contributed by atoms with Gasteiger partial charge in [-0.1, -0.05) is 43.7 Å². The number of allylic oxidation sites excluding steroid dienone is 2. The molecular weight excluding hydrogens is 248 g/mol. The molecule has 0 spiro atoms. The minimum absolute atomic E-state index is 0.0184. The molecule has 3 fully saturated rings. The van der Waals surface area contributed by atoms with E-state index in [-0.39, 0.29) is 18.0 Å². The number of carbonyl (C=O) groups excluding carboxylic acids is 1. The standard InChI is InChI=1S/C18H24O2/c1-4-5-6-15-14-10-7-11(2)13-9-8-12(3)16(13)17(14)20-18(15)19/h6,13-14,16-17H,2-5,7-10H2,1H3/b15-6+/t13-,14-,16-,17-/m0/s1. The van der Waals surface area contributed by atoms with Crippen LogP contribution in [0.15, 0.2) is 36.0 Å². The second-order valence-electron chi connectivity index (χ2n) is 6.45. The van der Waals surface area contributed by atoms with E-state index in [1.54, 1.807) is 0 Å². The van der Waals surface area contributed by atoms with Gasteiger partial charge in [-0.15, -0.1) is 0 Å². The van der Waals surface area contributed by atoms with Gasteiger partial charge in [0.05, 0.1) is 0 Å². The van der Waals surface area contributed by atoms with Crippen molar-refractivity contribution in [2.75, 3.05) is 0 Å². The van der Waals surface area contributed by atoms with Crippen molar-refractivity contribution < 1.29 is 9.53 Å². The lowest BCUT2D eigenvalue weighted by molar-refractivity contribution is -0.141. The number of ether oxygens (including phenoxy) is 1. The highest BCUT2D eigenvalue weighted by Crippen LogP contribution is 2.52. The van der Waals surface area contributed by atoms with Crippen LogP contribution >= 0.6 is 0 Å². The number of hydrogen-bond acceptors (Lipinski definition) is 2. The third kappa shape index (κ3) is 2.06. The van der Waals surface area contributed by atoms with Gasteiger partial charge in [0, 0.05) is 17.4 Å². The summed E-state index contributed by atoms with van der Waals surface area (Å²) in [5.74, 6) is 0.970. The number of esters is 1. The predicted octanol–water partition coefficient (Wildman–Crippen LogP) is 4.19. The second kappa shape index (κ2) is 5.23. The Hall–Kier alpha value is -1.31. The maximum absolute atomic E-state index is 12.2. The van der Waals surface area contributed by atoms with Gasteiger partial charge in [0.1, 0.15) is 6.10 Å². The lowest BCUT2D eigenvalue weighted by atomic mass is 9.81. The van der Waals surface area contributed by atoms with Crippen LogP contribution in [0.2, 0.25) is 0 Å². The van der Waals surface area contributed by atoms with Crippen LogP contribution in [0.3, 0.4) is 0 Å². The normalized spacial score (nSPS) is 38.6. The third-order valence-electron chi connectivity index (χ3n) is 5.26. The van der Waals surface area contributed by atoms with Crippen molar-refractivity contribution >= 4 is 5.97 Å². The first-order valence-electron chi connectivity index (χ1n) is 7.89. The molecule has 0 radical (unpaired) electrons. The van der Waals surface area contributed by atoms with E-state index in [4.69, 9.17) is 4.74 Å². The summed E-state index contributed by atoms with van der Waals surface area (Å²) >= 11 is 0. The van der Waals surface area contributed by atoms with Gasteiger partial charge >= 0.3 is 5.97 Å². The monoisotopic (exact) mass is 272 g/mol. The fourth-order valence-electron chi connectivity index (χ4n) is 4.20. The molecule has 3 aliphatic rings. The van der Waals surface area contributed by atoms with E-state index in [2.05, 4.69) is 26.2 Å². The topological polar surface area (TPSA) is 26.3 Å². The van der Waals surface area contributed by atoms with Crippen LogP contribution in [-0.4, -0.2) is 12.1 Å². The van der Waals surface area contributed by atoms with Crippen molar-refractivity contribution in [2.24, 2.45) is 17.8 Å².